The maximum absolute atomic E-state index is 6.09. The minimum absolute atomic E-state index is 0.652. The van der Waals surface area contributed by atoms with Crippen molar-refractivity contribution in [3.05, 3.63) is 29.0 Å². The number of aryl methyl sites for hydroxylation is 1. The van der Waals surface area contributed by atoms with E-state index in [1.54, 1.807) is 7.11 Å². The lowest BCUT2D eigenvalue weighted by molar-refractivity contribution is 0.190. The summed E-state index contributed by atoms with van der Waals surface area (Å²) in [4.78, 5) is 4.76. The van der Waals surface area contributed by atoms with E-state index in [1.807, 2.05) is 18.2 Å². The van der Waals surface area contributed by atoms with E-state index in [0.717, 1.165) is 35.6 Å². The third kappa shape index (κ3) is 2.25. The Balaban J connectivity index is 2.00. The van der Waals surface area contributed by atoms with Crippen molar-refractivity contribution in [3.8, 4) is 0 Å². The van der Waals surface area contributed by atoms with E-state index >= 15 is 0 Å². The molecule has 0 amide bonds. The number of nitrogens with zero attached hydrogens (tertiary/aromatic N) is 2. The largest absolute Gasteiger partial charge is 0.385 e. The van der Waals surface area contributed by atoms with Crippen LogP contribution in [0.3, 0.4) is 0 Å². The lowest BCUT2D eigenvalue weighted by atomic mass is 10.3. The van der Waals surface area contributed by atoms with E-state index in [0.29, 0.717) is 5.92 Å². The van der Waals surface area contributed by atoms with Gasteiger partial charge in [-0.15, -0.1) is 0 Å². The van der Waals surface area contributed by atoms with E-state index in [1.165, 1.54) is 18.7 Å². The Morgan fingerprint density at radius 3 is 3.00 bits per heavy atom. The zero-order valence-corrected chi connectivity index (χ0v) is 11.3. The van der Waals surface area contributed by atoms with E-state index in [-0.39, 0.29) is 0 Å². The molecular weight excluding hydrogens is 248 g/mol. The lowest BCUT2D eigenvalue weighted by Gasteiger charge is -2.08. The first-order valence-corrected chi connectivity index (χ1v) is 6.82. The molecule has 3 nitrogen and oxygen atoms in total. The molecule has 1 fully saturated rings. The number of aromatic nitrogens is 2. The third-order valence-electron chi connectivity index (χ3n) is 3.41. The second kappa shape index (κ2) is 4.90. The van der Waals surface area contributed by atoms with E-state index in [2.05, 4.69) is 4.57 Å². The van der Waals surface area contributed by atoms with E-state index in [9.17, 15) is 0 Å². The van der Waals surface area contributed by atoms with Crippen LogP contribution in [0.2, 0.25) is 5.02 Å². The highest BCUT2D eigenvalue weighted by molar-refractivity contribution is 6.31. The van der Waals surface area contributed by atoms with Crippen LogP contribution in [0.15, 0.2) is 18.2 Å². The molecule has 2 aromatic rings. The third-order valence-corrected chi connectivity index (χ3v) is 3.65. The summed E-state index contributed by atoms with van der Waals surface area (Å²) >= 11 is 6.09. The van der Waals surface area contributed by atoms with Gasteiger partial charge < -0.3 is 9.30 Å². The number of benzene rings is 1. The van der Waals surface area contributed by atoms with Gasteiger partial charge in [-0.25, -0.2) is 4.98 Å². The van der Waals surface area contributed by atoms with Crippen LogP contribution in [0.1, 0.15) is 31.0 Å². The Labute approximate surface area is 112 Å². The average Bonchev–Trinajstić information content (AvgIpc) is 3.14. The van der Waals surface area contributed by atoms with Gasteiger partial charge in [0.1, 0.15) is 5.82 Å². The molecule has 1 aliphatic carbocycles. The molecular formula is C14H17ClN2O. The Hall–Kier alpha value is -1.06. The van der Waals surface area contributed by atoms with Crippen LogP contribution in [0.4, 0.5) is 0 Å². The number of hydrogen-bond acceptors (Lipinski definition) is 2. The zero-order chi connectivity index (χ0) is 12.5. The van der Waals surface area contributed by atoms with Crippen LogP contribution in [-0.4, -0.2) is 23.3 Å². The highest BCUT2D eigenvalue weighted by atomic mass is 35.5. The Morgan fingerprint density at radius 1 is 1.44 bits per heavy atom. The summed E-state index contributed by atoms with van der Waals surface area (Å²) < 4.78 is 7.45. The summed E-state index contributed by atoms with van der Waals surface area (Å²) in [6.45, 7) is 1.74. The van der Waals surface area contributed by atoms with Gasteiger partial charge in [0.25, 0.3) is 0 Å². The van der Waals surface area contributed by atoms with Crippen molar-refractivity contribution < 1.29 is 4.74 Å². The van der Waals surface area contributed by atoms with E-state index in [4.69, 9.17) is 21.3 Å². The predicted octanol–water partition coefficient (Wildman–Crippen LogP) is 3.60. The lowest BCUT2D eigenvalue weighted by Crippen LogP contribution is -2.05. The number of ether oxygens (including phenoxy) is 1. The van der Waals surface area contributed by atoms with Crippen molar-refractivity contribution >= 4 is 22.6 Å². The summed E-state index contributed by atoms with van der Waals surface area (Å²) in [5.74, 6) is 1.88. The quantitative estimate of drug-likeness (QED) is 0.772. The van der Waals surface area contributed by atoms with Gasteiger partial charge in [-0.05, 0) is 37.5 Å². The maximum Gasteiger partial charge on any atom is 0.112 e. The summed E-state index contributed by atoms with van der Waals surface area (Å²) in [7, 11) is 1.74. The average molecular weight is 265 g/mol. The Morgan fingerprint density at radius 2 is 2.28 bits per heavy atom. The summed E-state index contributed by atoms with van der Waals surface area (Å²) in [6, 6.07) is 5.94. The van der Waals surface area contributed by atoms with Crippen LogP contribution >= 0.6 is 11.6 Å². The summed E-state index contributed by atoms with van der Waals surface area (Å²) in [5.41, 5.74) is 2.21. The first-order valence-electron chi connectivity index (χ1n) is 6.44. The van der Waals surface area contributed by atoms with Crippen molar-refractivity contribution in [2.75, 3.05) is 13.7 Å². The molecule has 1 heterocycles. The first kappa shape index (κ1) is 12.0. The van der Waals surface area contributed by atoms with Gasteiger partial charge in [0, 0.05) is 31.2 Å². The molecule has 0 radical (unpaired) electrons. The van der Waals surface area contributed by atoms with Crippen LogP contribution in [-0.2, 0) is 11.3 Å². The molecule has 1 aromatic carbocycles. The van der Waals surface area contributed by atoms with Crippen molar-refractivity contribution in [2.45, 2.75) is 31.7 Å². The van der Waals surface area contributed by atoms with Gasteiger partial charge >= 0.3 is 0 Å². The van der Waals surface area contributed by atoms with Gasteiger partial charge in [0.2, 0.25) is 0 Å². The van der Waals surface area contributed by atoms with Crippen LogP contribution in [0.5, 0.6) is 0 Å². The van der Waals surface area contributed by atoms with E-state index < -0.39 is 0 Å². The smallest absolute Gasteiger partial charge is 0.112 e. The molecule has 0 spiro atoms. The Bertz CT molecular complexity index is 560. The number of rotatable bonds is 5. The monoisotopic (exact) mass is 264 g/mol. The molecule has 0 N–H and O–H groups in total. The number of hydrogen-bond donors (Lipinski definition) is 0. The topological polar surface area (TPSA) is 27.1 Å². The van der Waals surface area contributed by atoms with Crippen LogP contribution < -0.4 is 0 Å². The highest BCUT2D eigenvalue weighted by Gasteiger charge is 2.29. The first-order chi connectivity index (χ1) is 8.79. The minimum atomic E-state index is 0.652. The summed E-state index contributed by atoms with van der Waals surface area (Å²) in [5, 5.41) is 0.776. The highest BCUT2D eigenvalue weighted by Crippen LogP contribution is 2.41. The SMILES string of the molecule is COCCCn1c(C2CC2)nc2ccc(Cl)cc21. The van der Waals surface area contributed by atoms with Crippen LogP contribution in [0.25, 0.3) is 11.0 Å². The van der Waals surface area contributed by atoms with Crippen molar-refractivity contribution in [1.29, 1.82) is 0 Å². The fourth-order valence-corrected chi connectivity index (χ4v) is 2.54. The molecule has 1 saturated carbocycles. The molecule has 3 rings (SSSR count). The minimum Gasteiger partial charge on any atom is -0.385 e. The standard InChI is InChI=1S/C14H17ClN2O/c1-18-8-2-7-17-13-9-11(15)5-6-12(13)16-14(17)10-3-4-10/h5-6,9-10H,2-4,7-8H2,1H3. The molecule has 0 atom stereocenters. The molecule has 0 bridgehead atoms. The predicted molar refractivity (Wildman–Crippen MR) is 73.2 cm³/mol. The number of fused-ring (bicyclic) bond motifs is 1. The molecule has 0 unspecified atom stereocenters. The van der Waals surface area contributed by atoms with Crippen molar-refractivity contribution in [1.82, 2.24) is 9.55 Å². The second-order valence-electron chi connectivity index (χ2n) is 4.88. The van der Waals surface area contributed by atoms with Gasteiger partial charge in [-0.1, -0.05) is 11.6 Å². The van der Waals surface area contributed by atoms with Gasteiger partial charge in [0.05, 0.1) is 11.0 Å². The molecule has 0 aliphatic heterocycles. The number of imidazole rings is 1. The second-order valence-corrected chi connectivity index (χ2v) is 5.31. The fraction of sp³-hybridized carbons (Fsp3) is 0.500. The summed E-state index contributed by atoms with van der Waals surface area (Å²) in [6.07, 6.45) is 3.54. The van der Waals surface area contributed by atoms with Crippen molar-refractivity contribution in [2.24, 2.45) is 0 Å². The van der Waals surface area contributed by atoms with Gasteiger partial charge in [-0.3, -0.25) is 0 Å². The molecule has 1 aliphatic rings. The zero-order valence-electron chi connectivity index (χ0n) is 10.5. The molecule has 96 valence electrons. The maximum atomic E-state index is 6.09. The molecule has 4 heteroatoms. The normalized spacial score (nSPS) is 15.4. The molecule has 0 saturated heterocycles. The van der Waals surface area contributed by atoms with Crippen molar-refractivity contribution in [3.63, 3.8) is 0 Å². The van der Waals surface area contributed by atoms with Gasteiger partial charge in [-0.2, -0.15) is 0 Å². The Kier molecular flexibility index (Phi) is 3.27. The van der Waals surface area contributed by atoms with Gasteiger partial charge in [0.15, 0.2) is 0 Å². The molecule has 1 aromatic heterocycles. The molecule has 18 heavy (non-hydrogen) atoms. The fourth-order valence-electron chi connectivity index (χ4n) is 2.37. The number of methoxy groups -OCH3 is 1. The van der Waals surface area contributed by atoms with Crippen LogP contribution in [0, 0.1) is 0 Å². The number of halogens is 1.